The van der Waals surface area contributed by atoms with Crippen molar-refractivity contribution in [3.8, 4) is 0 Å². The van der Waals surface area contributed by atoms with Gasteiger partial charge in [-0.2, -0.15) is 0 Å². The van der Waals surface area contributed by atoms with Gasteiger partial charge in [0.05, 0.1) is 24.7 Å². The Balaban J connectivity index is 2.01. The Morgan fingerprint density at radius 3 is 2.56 bits per heavy atom. The Bertz CT molecular complexity index is 323. The van der Waals surface area contributed by atoms with Crippen molar-refractivity contribution < 1.29 is 9.15 Å². The van der Waals surface area contributed by atoms with E-state index in [4.69, 9.17) is 14.9 Å². The van der Waals surface area contributed by atoms with Gasteiger partial charge in [0.15, 0.2) is 0 Å². The number of hydrogen-bond donors (Lipinski definition) is 1. The molecule has 3 nitrogen and oxygen atoms in total. The van der Waals surface area contributed by atoms with Crippen LogP contribution in [-0.2, 0) is 11.2 Å². The maximum absolute atomic E-state index is 6.29. The van der Waals surface area contributed by atoms with Gasteiger partial charge in [-0.3, -0.25) is 0 Å². The molecule has 90 valence electrons. The summed E-state index contributed by atoms with van der Waals surface area (Å²) in [6, 6.07) is 2.13. The SMILES string of the molecule is CC1OC(C)C(C(N)Cc2ccoc2)C1C. The predicted molar refractivity (Wildman–Crippen MR) is 63.1 cm³/mol. The zero-order chi connectivity index (χ0) is 11.7. The highest BCUT2D eigenvalue weighted by molar-refractivity contribution is 5.08. The van der Waals surface area contributed by atoms with Gasteiger partial charge in [0.2, 0.25) is 0 Å². The molecule has 1 aromatic heterocycles. The van der Waals surface area contributed by atoms with Gasteiger partial charge in [0.1, 0.15) is 0 Å². The van der Waals surface area contributed by atoms with Gasteiger partial charge in [0, 0.05) is 12.0 Å². The van der Waals surface area contributed by atoms with Crippen molar-refractivity contribution in [3.05, 3.63) is 24.2 Å². The van der Waals surface area contributed by atoms with Crippen molar-refractivity contribution >= 4 is 0 Å². The summed E-state index contributed by atoms with van der Waals surface area (Å²) in [5.41, 5.74) is 7.46. The van der Waals surface area contributed by atoms with Crippen molar-refractivity contribution in [3.63, 3.8) is 0 Å². The van der Waals surface area contributed by atoms with E-state index in [1.54, 1.807) is 12.5 Å². The van der Waals surface area contributed by atoms with Gasteiger partial charge in [-0.1, -0.05) is 6.92 Å². The summed E-state index contributed by atoms with van der Waals surface area (Å²) in [6.45, 7) is 6.49. The minimum atomic E-state index is 0.146. The molecule has 0 bridgehead atoms. The number of rotatable bonds is 3. The van der Waals surface area contributed by atoms with Crippen LogP contribution in [0.15, 0.2) is 23.0 Å². The second-order valence-electron chi connectivity index (χ2n) is 4.98. The molecular weight excluding hydrogens is 202 g/mol. The monoisotopic (exact) mass is 223 g/mol. The van der Waals surface area contributed by atoms with Gasteiger partial charge >= 0.3 is 0 Å². The number of nitrogens with two attached hydrogens (primary N) is 1. The van der Waals surface area contributed by atoms with Crippen molar-refractivity contribution in [2.24, 2.45) is 17.6 Å². The van der Waals surface area contributed by atoms with Crippen molar-refractivity contribution in [1.29, 1.82) is 0 Å². The van der Waals surface area contributed by atoms with Gasteiger partial charge in [-0.25, -0.2) is 0 Å². The molecule has 5 unspecified atom stereocenters. The highest BCUT2D eigenvalue weighted by Crippen LogP contribution is 2.34. The summed E-state index contributed by atoms with van der Waals surface area (Å²) in [6.07, 6.45) is 4.91. The van der Waals surface area contributed by atoms with E-state index in [0.29, 0.717) is 17.9 Å². The first-order valence-electron chi connectivity index (χ1n) is 6.01. The van der Waals surface area contributed by atoms with Crippen LogP contribution in [0, 0.1) is 11.8 Å². The molecule has 2 rings (SSSR count). The average molecular weight is 223 g/mol. The van der Waals surface area contributed by atoms with Gasteiger partial charge < -0.3 is 14.9 Å². The van der Waals surface area contributed by atoms with Crippen LogP contribution in [0.1, 0.15) is 26.3 Å². The molecule has 0 aromatic carbocycles. The lowest BCUT2D eigenvalue weighted by atomic mass is 9.82. The van der Waals surface area contributed by atoms with Crippen molar-refractivity contribution in [1.82, 2.24) is 0 Å². The third kappa shape index (κ3) is 2.15. The molecule has 0 amide bonds. The van der Waals surface area contributed by atoms with Crippen LogP contribution in [0.25, 0.3) is 0 Å². The van der Waals surface area contributed by atoms with E-state index in [1.165, 1.54) is 5.56 Å². The minimum absolute atomic E-state index is 0.146. The first kappa shape index (κ1) is 11.7. The largest absolute Gasteiger partial charge is 0.472 e. The molecular formula is C13H21NO2. The molecule has 2 N–H and O–H groups in total. The summed E-state index contributed by atoms with van der Waals surface area (Å²) in [5, 5.41) is 0. The Kier molecular flexibility index (Phi) is 3.36. The van der Waals surface area contributed by atoms with E-state index < -0.39 is 0 Å². The lowest BCUT2D eigenvalue weighted by molar-refractivity contribution is 0.0490. The van der Waals surface area contributed by atoms with E-state index in [0.717, 1.165) is 6.42 Å². The van der Waals surface area contributed by atoms with E-state index >= 15 is 0 Å². The molecule has 1 saturated heterocycles. The molecule has 1 aromatic rings. The van der Waals surface area contributed by atoms with Crippen LogP contribution in [0.2, 0.25) is 0 Å². The number of hydrogen-bond acceptors (Lipinski definition) is 3. The van der Waals surface area contributed by atoms with Crippen LogP contribution in [-0.4, -0.2) is 18.2 Å². The number of furan rings is 1. The smallest absolute Gasteiger partial charge is 0.0935 e. The van der Waals surface area contributed by atoms with Crippen LogP contribution >= 0.6 is 0 Å². The van der Waals surface area contributed by atoms with Gasteiger partial charge in [0.25, 0.3) is 0 Å². The zero-order valence-corrected chi connectivity index (χ0v) is 10.2. The third-order valence-electron chi connectivity index (χ3n) is 3.86. The van der Waals surface area contributed by atoms with E-state index in [2.05, 4.69) is 20.8 Å². The molecule has 1 fully saturated rings. The van der Waals surface area contributed by atoms with Gasteiger partial charge in [-0.05, 0) is 37.8 Å². The second kappa shape index (κ2) is 4.60. The first-order chi connectivity index (χ1) is 7.59. The van der Waals surface area contributed by atoms with Crippen LogP contribution < -0.4 is 5.73 Å². The predicted octanol–water partition coefficient (Wildman–Crippen LogP) is 2.21. The average Bonchev–Trinajstić information content (AvgIpc) is 2.77. The van der Waals surface area contributed by atoms with Crippen molar-refractivity contribution in [2.45, 2.75) is 45.4 Å². The summed E-state index contributed by atoms with van der Waals surface area (Å²) in [5.74, 6) is 0.960. The lowest BCUT2D eigenvalue weighted by Crippen LogP contribution is -2.39. The maximum atomic E-state index is 6.29. The van der Waals surface area contributed by atoms with Crippen LogP contribution in [0.5, 0.6) is 0 Å². The van der Waals surface area contributed by atoms with E-state index in [9.17, 15) is 0 Å². The number of ether oxygens (including phenoxy) is 1. The standard InChI is InChI=1S/C13H21NO2/c1-8-9(2)16-10(3)13(8)12(14)6-11-4-5-15-7-11/h4-5,7-10,12-13H,6,14H2,1-3H3. The third-order valence-corrected chi connectivity index (χ3v) is 3.86. The molecule has 0 saturated carbocycles. The molecule has 0 radical (unpaired) electrons. The molecule has 0 aliphatic carbocycles. The summed E-state index contributed by atoms with van der Waals surface area (Å²) < 4.78 is 10.9. The fraction of sp³-hybridized carbons (Fsp3) is 0.692. The Morgan fingerprint density at radius 2 is 2.06 bits per heavy atom. The fourth-order valence-corrected chi connectivity index (χ4v) is 2.85. The summed E-state index contributed by atoms with van der Waals surface area (Å²) in [4.78, 5) is 0. The Morgan fingerprint density at radius 1 is 1.31 bits per heavy atom. The molecule has 5 atom stereocenters. The minimum Gasteiger partial charge on any atom is -0.472 e. The summed E-state index contributed by atoms with van der Waals surface area (Å²) >= 11 is 0. The first-order valence-corrected chi connectivity index (χ1v) is 6.01. The van der Waals surface area contributed by atoms with Crippen molar-refractivity contribution in [2.75, 3.05) is 0 Å². The molecule has 0 spiro atoms. The molecule has 3 heteroatoms. The normalized spacial score (nSPS) is 36.5. The molecule has 1 aliphatic rings. The highest BCUT2D eigenvalue weighted by Gasteiger charge is 2.40. The van der Waals surface area contributed by atoms with Crippen LogP contribution in [0.3, 0.4) is 0 Å². The van der Waals surface area contributed by atoms with Crippen LogP contribution in [0.4, 0.5) is 0 Å². The molecule has 16 heavy (non-hydrogen) atoms. The second-order valence-corrected chi connectivity index (χ2v) is 4.98. The molecule has 2 heterocycles. The highest BCUT2D eigenvalue weighted by atomic mass is 16.5. The van der Waals surface area contributed by atoms with E-state index in [-0.39, 0.29) is 12.1 Å². The lowest BCUT2D eigenvalue weighted by Gasteiger charge is -2.25. The fourth-order valence-electron chi connectivity index (χ4n) is 2.85. The Hall–Kier alpha value is -0.800. The van der Waals surface area contributed by atoms with Gasteiger partial charge in [-0.15, -0.1) is 0 Å². The molecule has 1 aliphatic heterocycles. The maximum Gasteiger partial charge on any atom is 0.0935 e. The van der Waals surface area contributed by atoms with E-state index in [1.807, 2.05) is 6.07 Å². The topological polar surface area (TPSA) is 48.4 Å². The Labute approximate surface area is 97.0 Å². The summed E-state index contributed by atoms with van der Waals surface area (Å²) in [7, 11) is 0. The zero-order valence-electron chi connectivity index (χ0n) is 10.2. The quantitative estimate of drug-likeness (QED) is 0.854.